The molecule has 0 spiro atoms. The van der Waals surface area contributed by atoms with Crippen LogP contribution in [0.4, 0.5) is 19.0 Å². The molecule has 16 heavy (non-hydrogen) atoms. The molecule has 2 heterocycles. The lowest BCUT2D eigenvalue weighted by molar-refractivity contribution is 0.270. The first-order valence-electron chi connectivity index (χ1n) is 5.20. The second-order valence-electron chi connectivity index (χ2n) is 3.75. The maximum atomic E-state index is 13.2. The summed E-state index contributed by atoms with van der Waals surface area (Å²) < 4.78 is 38.6. The molecular weight excluding hydrogens is 219 g/mol. The third-order valence-corrected chi connectivity index (χ3v) is 2.51. The van der Waals surface area contributed by atoms with Crippen molar-refractivity contribution in [3.63, 3.8) is 0 Å². The Kier molecular flexibility index (Phi) is 3.28. The fourth-order valence-corrected chi connectivity index (χ4v) is 1.68. The van der Waals surface area contributed by atoms with E-state index in [-0.39, 0.29) is 5.82 Å². The van der Waals surface area contributed by atoms with E-state index >= 15 is 0 Å². The van der Waals surface area contributed by atoms with Crippen LogP contribution >= 0.6 is 0 Å². The molecule has 1 fully saturated rings. The number of piperidine rings is 1. The van der Waals surface area contributed by atoms with Crippen LogP contribution in [0.25, 0.3) is 0 Å². The number of nitrogens with one attached hydrogen (secondary N) is 1. The normalized spacial score (nSPS) is 17.4. The maximum Gasteiger partial charge on any atom is 0.251 e. The minimum atomic E-state index is -1.29. The highest BCUT2D eigenvalue weighted by Crippen LogP contribution is 2.16. The predicted molar refractivity (Wildman–Crippen MR) is 53.2 cm³/mol. The van der Waals surface area contributed by atoms with Gasteiger partial charge in [0.15, 0.2) is 17.5 Å². The van der Waals surface area contributed by atoms with Gasteiger partial charge >= 0.3 is 0 Å². The highest BCUT2D eigenvalue weighted by molar-refractivity contribution is 5.35. The van der Waals surface area contributed by atoms with Gasteiger partial charge in [-0.05, 0) is 12.8 Å². The van der Waals surface area contributed by atoms with Gasteiger partial charge in [0, 0.05) is 19.2 Å². The molecule has 1 aliphatic rings. The number of rotatable bonds is 2. The highest BCUT2D eigenvalue weighted by atomic mass is 19.2. The molecule has 0 aromatic carbocycles. The number of nitrogens with zero attached hydrogens (tertiary/aromatic N) is 2. The number of hydrogen-bond donors (Lipinski definition) is 1. The Hall–Kier alpha value is -1.30. The van der Waals surface area contributed by atoms with Gasteiger partial charge in [-0.3, -0.25) is 0 Å². The van der Waals surface area contributed by atoms with Gasteiger partial charge in [0.1, 0.15) is 0 Å². The Morgan fingerprint density at radius 2 is 1.75 bits per heavy atom. The van der Waals surface area contributed by atoms with E-state index in [1.165, 1.54) is 0 Å². The van der Waals surface area contributed by atoms with Crippen molar-refractivity contribution in [3.05, 3.63) is 23.6 Å². The van der Waals surface area contributed by atoms with Crippen LogP contribution in [0.5, 0.6) is 0 Å². The summed E-state index contributed by atoms with van der Waals surface area (Å²) in [5, 5.41) is 1.76. The molecule has 1 N–H and O–H groups in total. The first-order chi connectivity index (χ1) is 7.66. The molecule has 88 valence electrons. The van der Waals surface area contributed by atoms with Crippen molar-refractivity contribution in [2.24, 2.45) is 0 Å². The summed E-state index contributed by atoms with van der Waals surface area (Å²) in [5.41, 5.74) is 2.66. The van der Waals surface area contributed by atoms with E-state index in [1.807, 2.05) is 0 Å². The zero-order valence-electron chi connectivity index (χ0n) is 8.64. The summed E-state index contributed by atoms with van der Waals surface area (Å²) in [5.74, 6) is -3.71. The average Bonchev–Trinajstić information content (AvgIpc) is 2.27. The smallest absolute Gasteiger partial charge is 0.251 e. The van der Waals surface area contributed by atoms with E-state index < -0.39 is 17.6 Å². The second-order valence-corrected chi connectivity index (χ2v) is 3.75. The zero-order valence-corrected chi connectivity index (χ0v) is 8.64. The number of halogens is 3. The van der Waals surface area contributed by atoms with Gasteiger partial charge in [-0.15, -0.1) is 0 Å². The van der Waals surface area contributed by atoms with Crippen LogP contribution in [0, 0.1) is 17.6 Å². The maximum absolute atomic E-state index is 13.2. The van der Waals surface area contributed by atoms with Crippen molar-refractivity contribution >= 4 is 5.82 Å². The van der Waals surface area contributed by atoms with Gasteiger partial charge in [-0.1, -0.05) is 6.42 Å². The van der Waals surface area contributed by atoms with E-state index in [9.17, 15) is 13.2 Å². The first-order valence-corrected chi connectivity index (χ1v) is 5.20. The molecule has 0 atom stereocenters. The molecule has 6 heteroatoms. The summed E-state index contributed by atoms with van der Waals surface area (Å²) in [6.07, 6.45) is 3.13. The molecule has 0 aliphatic carbocycles. The van der Waals surface area contributed by atoms with Gasteiger partial charge < -0.3 is 5.43 Å². The van der Waals surface area contributed by atoms with Crippen molar-refractivity contribution < 1.29 is 13.2 Å². The third-order valence-electron chi connectivity index (χ3n) is 2.51. The Morgan fingerprint density at radius 3 is 2.44 bits per heavy atom. The fourth-order valence-electron chi connectivity index (χ4n) is 1.68. The number of hydrazine groups is 1. The molecule has 0 radical (unpaired) electrons. The van der Waals surface area contributed by atoms with Gasteiger partial charge in [0.25, 0.3) is 5.95 Å². The molecular formula is C10H12F3N3. The quantitative estimate of drug-likeness (QED) is 0.792. The van der Waals surface area contributed by atoms with Crippen molar-refractivity contribution in [2.75, 3.05) is 18.5 Å². The lowest BCUT2D eigenvalue weighted by Crippen LogP contribution is -2.35. The predicted octanol–water partition coefficient (Wildman–Crippen LogP) is 2.31. The monoisotopic (exact) mass is 231 g/mol. The molecule has 0 unspecified atom stereocenters. The van der Waals surface area contributed by atoms with Crippen molar-refractivity contribution in [1.82, 2.24) is 9.99 Å². The number of aromatic nitrogens is 1. The lowest BCUT2D eigenvalue weighted by Gasteiger charge is -2.27. The van der Waals surface area contributed by atoms with E-state index in [0.29, 0.717) is 6.07 Å². The Bertz CT molecular complexity index is 378. The molecule has 0 amide bonds. The van der Waals surface area contributed by atoms with Crippen LogP contribution in [0.2, 0.25) is 0 Å². The average molecular weight is 231 g/mol. The number of anilines is 1. The van der Waals surface area contributed by atoms with Crippen LogP contribution in [-0.4, -0.2) is 23.1 Å². The van der Waals surface area contributed by atoms with Crippen LogP contribution in [-0.2, 0) is 0 Å². The zero-order chi connectivity index (χ0) is 11.5. The van der Waals surface area contributed by atoms with Crippen LogP contribution in [0.3, 0.4) is 0 Å². The summed E-state index contributed by atoms with van der Waals surface area (Å²) in [6, 6.07) is 0.495. The molecule has 1 aromatic heterocycles. The third kappa shape index (κ3) is 2.44. The van der Waals surface area contributed by atoms with Crippen molar-refractivity contribution in [3.8, 4) is 0 Å². The van der Waals surface area contributed by atoms with E-state index in [0.717, 1.165) is 32.4 Å². The van der Waals surface area contributed by atoms with Gasteiger partial charge in [-0.2, -0.15) is 9.37 Å². The van der Waals surface area contributed by atoms with Gasteiger partial charge in [-0.25, -0.2) is 13.8 Å². The Labute approximate surface area is 91.2 Å². The molecule has 2 rings (SSSR count). The van der Waals surface area contributed by atoms with Crippen molar-refractivity contribution in [2.45, 2.75) is 19.3 Å². The SMILES string of the molecule is Fc1cc(F)c(NN2CCCCC2)nc1F. The minimum Gasteiger partial charge on any atom is -0.301 e. The Balaban J connectivity index is 2.11. The number of hydrogen-bond acceptors (Lipinski definition) is 3. The topological polar surface area (TPSA) is 28.2 Å². The minimum absolute atomic E-state index is 0.263. The summed E-state index contributed by atoms with van der Waals surface area (Å²) in [6.45, 7) is 1.50. The summed E-state index contributed by atoms with van der Waals surface area (Å²) in [4.78, 5) is 3.20. The van der Waals surface area contributed by atoms with Crippen LogP contribution in [0.1, 0.15) is 19.3 Å². The highest BCUT2D eigenvalue weighted by Gasteiger charge is 2.15. The molecule has 0 bridgehead atoms. The van der Waals surface area contributed by atoms with Crippen molar-refractivity contribution in [1.29, 1.82) is 0 Å². The van der Waals surface area contributed by atoms with Gasteiger partial charge in [0.05, 0.1) is 0 Å². The van der Waals surface area contributed by atoms with Crippen LogP contribution in [0.15, 0.2) is 6.07 Å². The van der Waals surface area contributed by atoms with E-state index in [2.05, 4.69) is 10.4 Å². The number of pyridine rings is 1. The summed E-state index contributed by atoms with van der Waals surface area (Å²) >= 11 is 0. The molecule has 1 aromatic rings. The molecule has 3 nitrogen and oxygen atoms in total. The molecule has 0 saturated carbocycles. The van der Waals surface area contributed by atoms with Crippen LogP contribution < -0.4 is 5.43 Å². The second kappa shape index (κ2) is 4.69. The fraction of sp³-hybridized carbons (Fsp3) is 0.500. The summed E-state index contributed by atoms with van der Waals surface area (Å²) in [7, 11) is 0. The first kappa shape index (κ1) is 11.2. The molecule has 1 aliphatic heterocycles. The van der Waals surface area contributed by atoms with Gasteiger partial charge in [0.2, 0.25) is 0 Å². The lowest BCUT2D eigenvalue weighted by atomic mass is 10.2. The van der Waals surface area contributed by atoms with E-state index in [1.54, 1.807) is 5.01 Å². The molecule has 1 saturated heterocycles. The van der Waals surface area contributed by atoms with E-state index in [4.69, 9.17) is 0 Å². The largest absolute Gasteiger partial charge is 0.301 e. The standard InChI is InChI=1S/C10H12F3N3/c11-7-6-8(12)10(14-9(7)13)15-16-4-2-1-3-5-16/h6H,1-5H2,(H,14,15). The Morgan fingerprint density at radius 1 is 1.06 bits per heavy atom.